The number of ether oxygens (including phenoxy) is 2. The van der Waals surface area contributed by atoms with E-state index in [1.54, 1.807) is 26.0 Å². The van der Waals surface area contributed by atoms with Crippen LogP contribution >= 0.6 is 11.8 Å². The molecular weight excluding hydrogens is 446 g/mol. The average molecular weight is 476 g/mol. The fourth-order valence-electron chi connectivity index (χ4n) is 4.61. The summed E-state index contributed by atoms with van der Waals surface area (Å²) in [7, 11) is 3.30. The predicted molar refractivity (Wildman–Crippen MR) is 135 cm³/mol. The molecule has 0 spiro atoms. The second kappa shape index (κ2) is 10.0. The standard InChI is InChI=1S/C26H29N5O2S/c1-17-22(28-21-12-8-7-11-20(21)27-17)16-34-26-30-29-25(31(26)19-9-5-4-6-10-19)18-13-14-23(32-2)24(15-18)33-3/h7-8,11-15,19H,4-6,9-10,16H2,1-3H3. The molecule has 8 heteroatoms. The molecule has 2 aromatic heterocycles. The first kappa shape index (κ1) is 22.7. The van der Waals surface area contributed by atoms with E-state index in [4.69, 9.17) is 19.4 Å². The number of hydrogen-bond acceptors (Lipinski definition) is 7. The maximum absolute atomic E-state index is 5.54. The van der Waals surface area contributed by atoms with Gasteiger partial charge in [-0.15, -0.1) is 10.2 Å². The van der Waals surface area contributed by atoms with Gasteiger partial charge in [-0.1, -0.05) is 43.2 Å². The summed E-state index contributed by atoms with van der Waals surface area (Å²) in [5.74, 6) is 2.96. The van der Waals surface area contributed by atoms with Crippen molar-refractivity contribution >= 4 is 22.8 Å². The molecule has 1 aliphatic rings. The number of aryl methyl sites for hydroxylation is 1. The molecule has 2 aromatic carbocycles. The van der Waals surface area contributed by atoms with Crippen LogP contribution in [-0.4, -0.2) is 39.0 Å². The van der Waals surface area contributed by atoms with Gasteiger partial charge in [-0.3, -0.25) is 4.57 Å². The van der Waals surface area contributed by atoms with Crippen molar-refractivity contribution < 1.29 is 9.47 Å². The number of thioether (sulfide) groups is 1. The molecule has 1 saturated carbocycles. The second-order valence-electron chi connectivity index (χ2n) is 8.57. The zero-order valence-corrected chi connectivity index (χ0v) is 20.6. The minimum atomic E-state index is 0.387. The van der Waals surface area contributed by atoms with E-state index in [2.05, 4.69) is 14.8 Å². The smallest absolute Gasteiger partial charge is 0.192 e. The zero-order valence-electron chi connectivity index (χ0n) is 19.8. The Hall–Kier alpha value is -3.13. The van der Waals surface area contributed by atoms with Crippen LogP contribution < -0.4 is 9.47 Å². The van der Waals surface area contributed by atoms with Gasteiger partial charge in [0.15, 0.2) is 22.5 Å². The molecule has 0 unspecified atom stereocenters. The quantitative estimate of drug-likeness (QED) is 0.303. The molecule has 4 aromatic rings. The van der Waals surface area contributed by atoms with Gasteiger partial charge in [0.1, 0.15) is 0 Å². The van der Waals surface area contributed by atoms with Crippen molar-refractivity contribution in [3.05, 3.63) is 53.9 Å². The van der Waals surface area contributed by atoms with Crippen LogP contribution in [0.3, 0.4) is 0 Å². The number of rotatable bonds is 7. The summed E-state index contributed by atoms with van der Waals surface area (Å²) in [6.07, 6.45) is 6.03. The van der Waals surface area contributed by atoms with E-state index in [0.717, 1.165) is 51.8 Å². The molecule has 0 amide bonds. The van der Waals surface area contributed by atoms with Crippen LogP contribution in [0.15, 0.2) is 47.6 Å². The Labute approximate surface area is 203 Å². The Morgan fingerprint density at radius 3 is 2.38 bits per heavy atom. The van der Waals surface area contributed by atoms with Crippen molar-refractivity contribution in [1.29, 1.82) is 0 Å². The van der Waals surface area contributed by atoms with Crippen LogP contribution in [0.1, 0.15) is 49.5 Å². The SMILES string of the molecule is COc1ccc(-c2nnc(SCc3nc4ccccc4nc3C)n2C2CCCCC2)cc1OC. The molecule has 2 heterocycles. The molecular formula is C26H29N5O2S. The van der Waals surface area contributed by atoms with Crippen molar-refractivity contribution in [3.8, 4) is 22.9 Å². The molecule has 1 fully saturated rings. The Bertz CT molecular complexity index is 1300. The highest BCUT2D eigenvalue weighted by Gasteiger charge is 2.25. The van der Waals surface area contributed by atoms with Gasteiger partial charge in [0.25, 0.3) is 0 Å². The van der Waals surface area contributed by atoms with Crippen LogP contribution in [-0.2, 0) is 5.75 Å². The van der Waals surface area contributed by atoms with Crippen molar-refractivity contribution in [3.63, 3.8) is 0 Å². The highest BCUT2D eigenvalue weighted by atomic mass is 32.2. The first-order chi connectivity index (χ1) is 16.7. The molecule has 7 nitrogen and oxygen atoms in total. The van der Waals surface area contributed by atoms with Crippen LogP contribution in [0.2, 0.25) is 0 Å². The van der Waals surface area contributed by atoms with E-state index in [9.17, 15) is 0 Å². The third-order valence-corrected chi connectivity index (χ3v) is 7.38. The van der Waals surface area contributed by atoms with Gasteiger partial charge in [-0.2, -0.15) is 0 Å². The van der Waals surface area contributed by atoms with E-state index in [0.29, 0.717) is 23.3 Å². The molecule has 34 heavy (non-hydrogen) atoms. The first-order valence-corrected chi connectivity index (χ1v) is 12.7. The topological polar surface area (TPSA) is 75.0 Å². The number of fused-ring (bicyclic) bond motifs is 1. The van der Waals surface area contributed by atoms with E-state index in [-0.39, 0.29) is 0 Å². The van der Waals surface area contributed by atoms with Gasteiger partial charge in [0.05, 0.1) is 36.6 Å². The van der Waals surface area contributed by atoms with E-state index < -0.39 is 0 Å². The Balaban J connectivity index is 1.49. The minimum Gasteiger partial charge on any atom is -0.493 e. The van der Waals surface area contributed by atoms with Gasteiger partial charge in [-0.25, -0.2) is 9.97 Å². The van der Waals surface area contributed by atoms with Crippen molar-refractivity contribution in [1.82, 2.24) is 24.7 Å². The third kappa shape index (κ3) is 4.46. The largest absolute Gasteiger partial charge is 0.493 e. The van der Waals surface area contributed by atoms with Crippen LogP contribution in [0.25, 0.3) is 22.4 Å². The molecule has 0 saturated heterocycles. The summed E-state index contributed by atoms with van der Waals surface area (Å²) in [5.41, 5.74) is 4.76. The maximum atomic E-state index is 5.54. The fraction of sp³-hybridized carbons (Fsp3) is 0.385. The summed E-state index contributed by atoms with van der Waals surface area (Å²) in [4.78, 5) is 9.61. The number of methoxy groups -OCH3 is 2. The summed E-state index contributed by atoms with van der Waals surface area (Å²) >= 11 is 1.68. The summed E-state index contributed by atoms with van der Waals surface area (Å²) < 4.78 is 13.3. The van der Waals surface area contributed by atoms with Gasteiger partial charge in [-0.05, 0) is 50.1 Å². The molecule has 0 aliphatic heterocycles. The molecule has 0 atom stereocenters. The lowest BCUT2D eigenvalue weighted by molar-refractivity contribution is 0.339. The Kier molecular flexibility index (Phi) is 6.67. The summed E-state index contributed by atoms with van der Waals surface area (Å²) in [5, 5.41) is 10.2. The summed E-state index contributed by atoms with van der Waals surface area (Å²) in [6.45, 7) is 2.02. The van der Waals surface area contributed by atoms with Crippen molar-refractivity contribution in [2.24, 2.45) is 0 Å². The Morgan fingerprint density at radius 1 is 0.912 bits per heavy atom. The molecule has 0 radical (unpaired) electrons. The van der Waals surface area contributed by atoms with Gasteiger partial charge >= 0.3 is 0 Å². The van der Waals surface area contributed by atoms with Crippen molar-refractivity contribution in [2.75, 3.05) is 14.2 Å². The maximum Gasteiger partial charge on any atom is 0.192 e. The highest BCUT2D eigenvalue weighted by Crippen LogP contribution is 2.38. The third-order valence-electron chi connectivity index (χ3n) is 6.43. The lowest BCUT2D eigenvalue weighted by Crippen LogP contribution is -2.15. The minimum absolute atomic E-state index is 0.387. The highest BCUT2D eigenvalue weighted by molar-refractivity contribution is 7.98. The predicted octanol–water partition coefficient (Wildman–Crippen LogP) is 6.01. The molecule has 176 valence electrons. The van der Waals surface area contributed by atoms with Crippen LogP contribution in [0.5, 0.6) is 11.5 Å². The fourth-order valence-corrected chi connectivity index (χ4v) is 5.62. The lowest BCUT2D eigenvalue weighted by atomic mass is 9.95. The Morgan fingerprint density at radius 2 is 1.65 bits per heavy atom. The number of benzene rings is 2. The number of para-hydroxylation sites is 2. The molecule has 0 N–H and O–H groups in total. The number of hydrogen-bond donors (Lipinski definition) is 0. The molecule has 1 aliphatic carbocycles. The number of nitrogens with zero attached hydrogens (tertiary/aromatic N) is 5. The zero-order chi connectivity index (χ0) is 23.5. The second-order valence-corrected chi connectivity index (χ2v) is 9.51. The van der Waals surface area contributed by atoms with Crippen LogP contribution in [0, 0.1) is 6.92 Å². The van der Waals surface area contributed by atoms with E-state index >= 15 is 0 Å². The monoisotopic (exact) mass is 475 g/mol. The average Bonchev–Trinajstić information content (AvgIpc) is 3.31. The van der Waals surface area contributed by atoms with Crippen LogP contribution in [0.4, 0.5) is 0 Å². The molecule has 0 bridgehead atoms. The van der Waals surface area contributed by atoms with E-state index in [1.807, 2.05) is 49.4 Å². The summed E-state index contributed by atoms with van der Waals surface area (Å²) in [6, 6.07) is 14.3. The lowest BCUT2D eigenvalue weighted by Gasteiger charge is -2.25. The normalized spacial score (nSPS) is 14.4. The van der Waals surface area contributed by atoms with E-state index in [1.165, 1.54) is 19.3 Å². The molecule has 5 rings (SSSR count). The van der Waals surface area contributed by atoms with Gasteiger partial charge < -0.3 is 9.47 Å². The number of aromatic nitrogens is 5. The van der Waals surface area contributed by atoms with Crippen molar-refractivity contribution in [2.45, 2.75) is 56.0 Å². The van der Waals surface area contributed by atoms with Gasteiger partial charge in [0.2, 0.25) is 0 Å². The van der Waals surface area contributed by atoms with Gasteiger partial charge in [0, 0.05) is 17.4 Å². The first-order valence-electron chi connectivity index (χ1n) is 11.7.